The fraction of sp³-hybridized carbons (Fsp3) is 0. The molecule has 194 valence electrons. The van der Waals surface area contributed by atoms with E-state index in [0.717, 1.165) is 39.1 Å². The summed E-state index contributed by atoms with van der Waals surface area (Å²) in [6.45, 7) is 0. The first-order valence-corrected chi connectivity index (χ1v) is 13.8. The number of hydrogen-bond acceptors (Lipinski definition) is 2. The number of nitrogens with zero attached hydrogens (tertiary/aromatic N) is 2. The molecule has 0 bridgehead atoms. The van der Waals surface area contributed by atoms with E-state index in [1.807, 2.05) is 18.2 Å². The second-order valence-corrected chi connectivity index (χ2v) is 10.4. The van der Waals surface area contributed by atoms with Gasteiger partial charge in [-0.15, -0.1) is 0 Å². The summed E-state index contributed by atoms with van der Waals surface area (Å²) in [4.78, 5) is 0. The molecule has 0 spiro atoms. The van der Waals surface area contributed by atoms with Crippen LogP contribution in [0.25, 0.3) is 66.1 Å². The van der Waals surface area contributed by atoms with Gasteiger partial charge in [-0.1, -0.05) is 91.0 Å². The first-order chi connectivity index (χ1) is 20.2. The average molecular weight is 528 g/mol. The first-order valence-electron chi connectivity index (χ1n) is 13.8. The van der Waals surface area contributed by atoms with Crippen LogP contribution in [0.2, 0.25) is 0 Å². The van der Waals surface area contributed by atoms with Crippen molar-refractivity contribution < 1.29 is 10.0 Å². The number of aromatic nitrogens is 2. The Hall–Kier alpha value is -5.10. The maximum absolute atomic E-state index is 9.77. The van der Waals surface area contributed by atoms with Crippen LogP contribution in [0.1, 0.15) is 0 Å². The Labute approximate surface area is 237 Å². The second-order valence-electron chi connectivity index (χ2n) is 10.4. The number of hydrogen-bond donors (Lipinski definition) is 2. The third-order valence-electron chi connectivity index (χ3n) is 8.11. The minimum Gasteiger partial charge on any atom is -0.423 e. The van der Waals surface area contributed by atoms with Crippen molar-refractivity contribution in [2.24, 2.45) is 0 Å². The lowest BCUT2D eigenvalue weighted by molar-refractivity contribution is 0.426. The summed E-state index contributed by atoms with van der Waals surface area (Å²) in [5.74, 6) is 0. The number of rotatable bonds is 4. The molecule has 0 fully saturated rings. The van der Waals surface area contributed by atoms with Gasteiger partial charge in [0.2, 0.25) is 0 Å². The van der Waals surface area contributed by atoms with Crippen LogP contribution in [0.5, 0.6) is 0 Å². The van der Waals surface area contributed by atoms with Gasteiger partial charge in [-0.3, -0.25) is 0 Å². The largest absolute Gasteiger partial charge is 0.488 e. The smallest absolute Gasteiger partial charge is 0.423 e. The monoisotopic (exact) mass is 528 g/mol. The van der Waals surface area contributed by atoms with Crippen LogP contribution in [-0.4, -0.2) is 26.3 Å². The van der Waals surface area contributed by atoms with Gasteiger partial charge in [0.25, 0.3) is 0 Å². The van der Waals surface area contributed by atoms with Crippen molar-refractivity contribution in [3.8, 4) is 22.5 Å². The summed E-state index contributed by atoms with van der Waals surface area (Å²) in [6.07, 6.45) is 0. The van der Waals surface area contributed by atoms with E-state index in [-0.39, 0.29) is 0 Å². The molecule has 6 aromatic carbocycles. The van der Waals surface area contributed by atoms with Crippen LogP contribution in [-0.2, 0) is 0 Å². The van der Waals surface area contributed by atoms with Gasteiger partial charge in [-0.2, -0.15) is 0 Å². The van der Waals surface area contributed by atoms with Crippen LogP contribution < -0.4 is 5.46 Å². The topological polar surface area (TPSA) is 50.3 Å². The van der Waals surface area contributed by atoms with E-state index >= 15 is 0 Å². The predicted octanol–water partition coefficient (Wildman–Crippen LogP) is 7.23. The average Bonchev–Trinajstić information content (AvgIpc) is 3.31. The fourth-order valence-electron chi connectivity index (χ4n) is 6.36. The third-order valence-corrected chi connectivity index (χ3v) is 8.11. The Bertz CT molecular complexity index is 2250. The molecule has 0 radical (unpaired) electrons. The van der Waals surface area contributed by atoms with Gasteiger partial charge in [0, 0.05) is 27.5 Å². The molecule has 8 rings (SSSR count). The van der Waals surface area contributed by atoms with E-state index in [1.54, 1.807) is 6.07 Å². The number of para-hydroxylation sites is 2. The van der Waals surface area contributed by atoms with Gasteiger partial charge in [-0.05, 0) is 70.5 Å². The highest BCUT2D eigenvalue weighted by Crippen LogP contribution is 2.41. The minimum absolute atomic E-state index is 0.470. The second kappa shape index (κ2) is 9.24. The van der Waals surface area contributed by atoms with Crippen molar-refractivity contribution in [3.63, 3.8) is 0 Å². The molecule has 41 heavy (non-hydrogen) atoms. The van der Waals surface area contributed by atoms with E-state index in [0.29, 0.717) is 5.46 Å². The summed E-state index contributed by atoms with van der Waals surface area (Å²) < 4.78 is 4.73. The molecular weight excluding hydrogens is 503 g/mol. The van der Waals surface area contributed by atoms with Gasteiger partial charge < -0.3 is 19.2 Å². The molecule has 0 aliphatic rings. The lowest BCUT2D eigenvalue weighted by Gasteiger charge is -2.15. The third kappa shape index (κ3) is 3.64. The summed E-state index contributed by atoms with van der Waals surface area (Å²) >= 11 is 0. The maximum Gasteiger partial charge on any atom is 0.488 e. The summed E-state index contributed by atoms with van der Waals surface area (Å²) in [5.41, 5.74) is 9.15. The van der Waals surface area contributed by atoms with Crippen molar-refractivity contribution in [2.75, 3.05) is 0 Å². The van der Waals surface area contributed by atoms with E-state index in [1.165, 1.54) is 27.1 Å². The molecule has 0 aliphatic heterocycles. The lowest BCUT2D eigenvalue weighted by atomic mass is 9.79. The highest BCUT2D eigenvalue weighted by Gasteiger charge is 2.20. The molecule has 0 saturated carbocycles. The Balaban J connectivity index is 1.52. The van der Waals surface area contributed by atoms with E-state index in [4.69, 9.17) is 0 Å². The van der Waals surface area contributed by atoms with E-state index < -0.39 is 7.12 Å². The first kappa shape index (κ1) is 23.8. The molecule has 0 saturated heterocycles. The molecule has 0 aliphatic carbocycles. The van der Waals surface area contributed by atoms with Gasteiger partial charge >= 0.3 is 7.12 Å². The molecule has 2 heterocycles. The Morgan fingerprint density at radius 1 is 0.415 bits per heavy atom. The van der Waals surface area contributed by atoms with Crippen molar-refractivity contribution in [1.29, 1.82) is 0 Å². The molecule has 0 amide bonds. The van der Waals surface area contributed by atoms with Crippen LogP contribution in [0.15, 0.2) is 140 Å². The maximum atomic E-state index is 9.77. The molecule has 2 N–H and O–H groups in total. The summed E-state index contributed by atoms with van der Waals surface area (Å²) in [7, 11) is -1.51. The van der Waals surface area contributed by atoms with E-state index in [2.05, 4.69) is 124 Å². The standard InChI is InChI=1S/C36H25BN2O2/c40-37(41)26-12-6-10-24(22-26)25-11-7-15-28(23-25)39-31-18-5-4-16-29(31)30-17-8-19-32-35(30)36-33(20-9-21-34(36)39)38(32)27-13-2-1-3-14-27/h1-23,40-41H. The predicted molar refractivity (Wildman–Crippen MR) is 170 cm³/mol. The normalized spacial score (nSPS) is 11.7. The number of benzene rings is 6. The zero-order valence-corrected chi connectivity index (χ0v) is 22.1. The van der Waals surface area contributed by atoms with Crippen molar-refractivity contribution >= 4 is 56.2 Å². The quantitative estimate of drug-likeness (QED) is 0.237. The van der Waals surface area contributed by atoms with Gasteiger partial charge in [0.15, 0.2) is 0 Å². The fourth-order valence-corrected chi connectivity index (χ4v) is 6.36. The van der Waals surface area contributed by atoms with Gasteiger partial charge in [-0.25, -0.2) is 0 Å². The number of fused-ring (bicyclic) bond motifs is 2. The molecule has 0 unspecified atom stereocenters. The van der Waals surface area contributed by atoms with Crippen molar-refractivity contribution in [1.82, 2.24) is 9.13 Å². The zero-order valence-electron chi connectivity index (χ0n) is 22.1. The Kier molecular flexibility index (Phi) is 5.35. The Morgan fingerprint density at radius 3 is 1.73 bits per heavy atom. The van der Waals surface area contributed by atoms with E-state index in [9.17, 15) is 10.0 Å². The van der Waals surface area contributed by atoms with Crippen LogP contribution in [0, 0.1) is 0 Å². The minimum atomic E-state index is -1.51. The molecule has 0 atom stereocenters. The van der Waals surface area contributed by atoms with Crippen molar-refractivity contribution in [2.45, 2.75) is 0 Å². The summed E-state index contributed by atoms with van der Waals surface area (Å²) in [6, 6.07) is 48.2. The van der Waals surface area contributed by atoms with Crippen molar-refractivity contribution in [3.05, 3.63) is 140 Å². The highest BCUT2D eigenvalue weighted by atomic mass is 16.4. The summed E-state index contributed by atoms with van der Waals surface area (Å²) in [5, 5.41) is 24.4. The zero-order chi connectivity index (χ0) is 27.5. The van der Waals surface area contributed by atoms with Crippen LogP contribution >= 0.6 is 0 Å². The molecule has 5 heteroatoms. The Morgan fingerprint density at radius 2 is 0.951 bits per heavy atom. The van der Waals surface area contributed by atoms with Crippen LogP contribution in [0.4, 0.5) is 0 Å². The lowest BCUT2D eigenvalue weighted by Crippen LogP contribution is -2.29. The molecule has 2 aromatic heterocycles. The van der Waals surface area contributed by atoms with Crippen LogP contribution in [0.3, 0.4) is 0 Å². The molecule has 4 nitrogen and oxygen atoms in total. The SMILES string of the molecule is OB(O)c1cccc(-c2cccc(-n3c4ccccc4c4cccc5c4c4c3cccc4n5-c3ccccc3)c2)c1. The highest BCUT2D eigenvalue weighted by molar-refractivity contribution is 6.58. The molecule has 8 aromatic rings. The van der Waals surface area contributed by atoms with Gasteiger partial charge in [0.1, 0.15) is 0 Å². The molecular formula is C36H25BN2O2. The van der Waals surface area contributed by atoms with Gasteiger partial charge in [0.05, 0.1) is 22.1 Å².